The van der Waals surface area contributed by atoms with Crippen molar-refractivity contribution in [3.63, 3.8) is 0 Å². The summed E-state index contributed by atoms with van der Waals surface area (Å²) < 4.78 is 27.5. The summed E-state index contributed by atoms with van der Waals surface area (Å²) in [6.07, 6.45) is -15.6. The number of aliphatic hydroxyl groups excluding tert-OH is 6. The molecule has 10 unspecified atom stereocenters. The van der Waals surface area contributed by atoms with E-state index in [1.54, 1.807) is 0 Å². The number of phenols is 4. The van der Waals surface area contributed by atoms with Crippen molar-refractivity contribution in [1.29, 1.82) is 0 Å². The molecule has 0 amide bonds. The van der Waals surface area contributed by atoms with E-state index in [9.17, 15) is 61.0 Å². The molecule has 10 atom stereocenters. The van der Waals surface area contributed by atoms with Crippen LogP contribution in [0.4, 0.5) is 0 Å². The highest BCUT2D eigenvalue weighted by molar-refractivity contribution is 5.88. The van der Waals surface area contributed by atoms with Gasteiger partial charge in [0, 0.05) is 17.7 Å². The Bertz CT molecular complexity index is 1570. The molecule has 0 saturated carbocycles. The van der Waals surface area contributed by atoms with E-state index in [1.165, 1.54) is 6.92 Å². The molecule has 0 spiro atoms. The molecule has 3 aromatic rings. The molecular formula is C27H30O17. The molecule has 0 radical (unpaired) electrons. The summed E-state index contributed by atoms with van der Waals surface area (Å²) in [5.74, 6) is -5.05. The van der Waals surface area contributed by atoms with Crippen molar-refractivity contribution in [3.8, 4) is 45.8 Å². The number of hydrogen-bond donors (Lipinski definition) is 11. The maximum absolute atomic E-state index is 12.9. The molecule has 2 aliphatic heterocycles. The van der Waals surface area contributed by atoms with E-state index in [0.29, 0.717) is 0 Å². The van der Waals surface area contributed by atoms with Gasteiger partial charge < -0.3 is 79.5 Å². The Hall–Kier alpha value is -3.91. The van der Waals surface area contributed by atoms with Crippen LogP contribution in [-0.4, -0.2) is 124 Å². The monoisotopic (exact) mass is 626 g/mol. The maximum atomic E-state index is 12.9. The fourth-order valence-corrected chi connectivity index (χ4v) is 4.89. The number of aliphatic hydroxyl groups is 6. The van der Waals surface area contributed by atoms with Gasteiger partial charge >= 0.3 is 0 Å². The maximum Gasteiger partial charge on any atom is 0.238 e. The van der Waals surface area contributed by atoms with Crippen molar-refractivity contribution < 1.29 is 79.5 Å². The normalized spacial score (nSPS) is 32.5. The second-order valence-corrected chi connectivity index (χ2v) is 10.4. The van der Waals surface area contributed by atoms with E-state index in [4.69, 9.17) is 23.4 Å². The third-order valence-corrected chi connectivity index (χ3v) is 7.41. The zero-order chi connectivity index (χ0) is 32.2. The summed E-state index contributed by atoms with van der Waals surface area (Å²) in [6.45, 7) is 0.866. The zero-order valence-corrected chi connectivity index (χ0v) is 22.7. The molecule has 17 nitrogen and oxygen atoms in total. The third-order valence-electron chi connectivity index (χ3n) is 7.41. The summed E-state index contributed by atoms with van der Waals surface area (Å²) in [4.78, 5) is 12.9. The second kappa shape index (κ2) is 11.9. The number of ether oxygens (including phenoxy) is 4. The fraction of sp³-hybridized carbons (Fsp3) is 0.444. The smallest absolute Gasteiger partial charge is 0.238 e. The third kappa shape index (κ3) is 5.56. The van der Waals surface area contributed by atoms with Gasteiger partial charge in [-0.3, -0.25) is 4.79 Å². The molecular weight excluding hydrogens is 596 g/mol. The molecule has 11 N–H and O–H groups in total. The van der Waals surface area contributed by atoms with Crippen molar-refractivity contribution in [2.75, 3.05) is 6.61 Å². The lowest BCUT2D eigenvalue weighted by atomic mass is 9.98. The first kappa shape index (κ1) is 31.5. The lowest BCUT2D eigenvalue weighted by molar-refractivity contribution is -0.318. The van der Waals surface area contributed by atoms with Crippen LogP contribution in [0.2, 0.25) is 0 Å². The average molecular weight is 627 g/mol. The number of phenolic OH excluding ortho intramolecular Hbond substituents is 4. The Morgan fingerprint density at radius 3 is 1.98 bits per heavy atom. The zero-order valence-electron chi connectivity index (χ0n) is 22.7. The highest BCUT2D eigenvalue weighted by atomic mass is 16.7. The van der Waals surface area contributed by atoms with Crippen molar-refractivity contribution in [2.24, 2.45) is 0 Å². The number of rotatable bonds is 6. The molecule has 0 bridgehead atoms. The summed E-state index contributed by atoms with van der Waals surface area (Å²) in [5, 5.41) is 111. The lowest BCUT2D eigenvalue weighted by Gasteiger charge is -2.42. The standard InChI is InChI=1S/C27H30O17/c1-7-16(31)20(35)23(38)26(41-7)40-6-14-18(33)21(36)24(39)27(44-14)42-9-4-10(28)15-13(5-9)43-25(22(37)19(15)34)8-2-11(29)17(32)12(30)3-8/h2-5,7,14,16,18,20-21,23-24,26-33,35-39H,6H2,1H3. The Labute approximate surface area is 246 Å². The van der Waals surface area contributed by atoms with Gasteiger partial charge in [0.25, 0.3) is 0 Å². The van der Waals surface area contributed by atoms with Crippen LogP contribution in [-0.2, 0) is 14.2 Å². The van der Waals surface area contributed by atoms with Crippen LogP contribution in [0.15, 0.2) is 33.5 Å². The quantitative estimate of drug-likeness (QED) is 0.132. The SMILES string of the molecule is CC1OC(OCC2OC(Oc3cc(O)c4c(=O)c(O)c(-c5cc(O)c(O)c(O)c5)oc4c3)C(O)C(O)C2O)C(O)C(O)C1O. The minimum atomic E-state index is -1.86. The number of aromatic hydroxyl groups is 5. The summed E-state index contributed by atoms with van der Waals surface area (Å²) in [6, 6.07) is 3.75. The molecule has 2 aromatic carbocycles. The van der Waals surface area contributed by atoms with Gasteiger partial charge in [0.15, 0.2) is 29.3 Å². The summed E-state index contributed by atoms with van der Waals surface area (Å²) >= 11 is 0. The topological polar surface area (TPSA) is 290 Å². The van der Waals surface area contributed by atoms with Crippen LogP contribution in [0.3, 0.4) is 0 Å². The predicted molar refractivity (Wildman–Crippen MR) is 142 cm³/mol. The molecule has 44 heavy (non-hydrogen) atoms. The average Bonchev–Trinajstić information content (AvgIpc) is 2.98. The van der Waals surface area contributed by atoms with Crippen molar-refractivity contribution in [3.05, 3.63) is 34.5 Å². The van der Waals surface area contributed by atoms with Crippen LogP contribution < -0.4 is 10.2 Å². The first-order valence-corrected chi connectivity index (χ1v) is 13.1. The molecule has 17 heteroatoms. The van der Waals surface area contributed by atoms with Gasteiger partial charge in [-0.05, 0) is 19.1 Å². The molecule has 2 saturated heterocycles. The van der Waals surface area contributed by atoms with Gasteiger partial charge in [0.2, 0.25) is 17.5 Å². The van der Waals surface area contributed by atoms with Gasteiger partial charge in [-0.2, -0.15) is 0 Å². The number of hydrogen-bond acceptors (Lipinski definition) is 17. The molecule has 0 aliphatic carbocycles. The number of fused-ring (bicyclic) bond motifs is 1. The van der Waals surface area contributed by atoms with Crippen LogP contribution in [0.5, 0.6) is 34.5 Å². The minimum Gasteiger partial charge on any atom is -0.507 e. The fourth-order valence-electron chi connectivity index (χ4n) is 4.89. The first-order valence-electron chi connectivity index (χ1n) is 13.1. The van der Waals surface area contributed by atoms with Crippen molar-refractivity contribution >= 4 is 11.0 Å². The van der Waals surface area contributed by atoms with Crippen LogP contribution >= 0.6 is 0 Å². The van der Waals surface area contributed by atoms with E-state index >= 15 is 0 Å². The molecule has 1 aromatic heterocycles. The van der Waals surface area contributed by atoms with Gasteiger partial charge in [0.1, 0.15) is 65.2 Å². The highest BCUT2D eigenvalue weighted by Crippen LogP contribution is 2.42. The van der Waals surface area contributed by atoms with Gasteiger partial charge in [-0.15, -0.1) is 0 Å². The molecule has 2 fully saturated rings. The van der Waals surface area contributed by atoms with Crippen molar-refractivity contribution in [1.82, 2.24) is 0 Å². The Morgan fingerprint density at radius 2 is 1.32 bits per heavy atom. The van der Waals surface area contributed by atoms with Crippen molar-refractivity contribution in [2.45, 2.75) is 68.3 Å². The Kier molecular flexibility index (Phi) is 8.51. The van der Waals surface area contributed by atoms with E-state index < -0.39 is 113 Å². The first-order chi connectivity index (χ1) is 20.7. The summed E-state index contributed by atoms with van der Waals surface area (Å²) in [7, 11) is 0. The van der Waals surface area contributed by atoms with Gasteiger partial charge in [-0.25, -0.2) is 0 Å². The number of benzene rings is 2. The van der Waals surface area contributed by atoms with Gasteiger partial charge in [-0.1, -0.05) is 0 Å². The van der Waals surface area contributed by atoms with E-state index in [0.717, 1.165) is 24.3 Å². The largest absolute Gasteiger partial charge is 0.507 e. The van der Waals surface area contributed by atoms with Crippen LogP contribution in [0.25, 0.3) is 22.3 Å². The minimum absolute atomic E-state index is 0.227. The predicted octanol–water partition coefficient (Wildman–Crippen LogP) is -1.98. The lowest BCUT2D eigenvalue weighted by Crippen LogP contribution is -2.61. The van der Waals surface area contributed by atoms with Crippen LogP contribution in [0, 0.1) is 0 Å². The van der Waals surface area contributed by atoms with E-state index in [-0.39, 0.29) is 16.9 Å². The molecule has 5 rings (SSSR count). The molecule has 2 aliphatic rings. The molecule has 240 valence electrons. The van der Waals surface area contributed by atoms with E-state index in [1.807, 2.05) is 0 Å². The van der Waals surface area contributed by atoms with Crippen LogP contribution in [0.1, 0.15) is 6.92 Å². The van der Waals surface area contributed by atoms with Gasteiger partial charge in [0.05, 0.1) is 12.7 Å². The Balaban J connectivity index is 1.40. The Morgan fingerprint density at radius 1 is 0.705 bits per heavy atom. The van der Waals surface area contributed by atoms with E-state index in [2.05, 4.69) is 0 Å². The highest BCUT2D eigenvalue weighted by Gasteiger charge is 2.47. The second-order valence-electron chi connectivity index (χ2n) is 10.4. The summed E-state index contributed by atoms with van der Waals surface area (Å²) in [5.41, 5.74) is -1.72. The molecule has 3 heterocycles.